The fraction of sp³-hybridized carbons (Fsp3) is 0.188. The number of aromatic nitrogens is 4. The second-order valence-electron chi connectivity index (χ2n) is 5.12. The van der Waals surface area contributed by atoms with Crippen LogP contribution in [0.5, 0.6) is 0 Å². The molecule has 22 heavy (non-hydrogen) atoms. The van der Waals surface area contributed by atoms with E-state index in [1.54, 1.807) is 13.8 Å². The van der Waals surface area contributed by atoms with Crippen LogP contribution in [0.3, 0.4) is 0 Å². The molecule has 0 aliphatic heterocycles. The van der Waals surface area contributed by atoms with Gasteiger partial charge in [-0.1, -0.05) is 42.2 Å². The van der Waals surface area contributed by atoms with Crippen molar-refractivity contribution in [3.05, 3.63) is 53.5 Å². The van der Waals surface area contributed by atoms with Crippen molar-refractivity contribution in [3.8, 4) is 11.8 Å². The Morgan fingerprint density at radius 2 is 2.00 bits per heavy atom. The van der Waals surface area contributed by atoms with E-state index in [4.69, 9.17) is 5.73 Å². The number of hydrogen-bond donors (Lipinski definition) is 2. The average molecular weight is 293 g/mol. The van der Waals surface area contributed by atoms with Gasteiger partial charge in [0.05, 0.1) is 11.3 Å². The van der Waals surface area contributed by atoms with Crippen molar-refractivity contribution in [1.82, 2.24) is 19.6 Å². The van der Waals surface area contributed by atoms with E-state index >= 15 is 0 Å². The van der Waals surface area contributed by atoms with Gasteiger partial charge in [-0.15, -0.1) is 0 Å². The predicted octanol–water partition coefficient (Wildman–Crippen LogP) is 1.27. The molecule has 0 spiro atoms. The lowest BCUT2D eigenvalue weighted by atomic mass is 9.96. The molecule has 0 saturated heterocycles. The lowest BCUT2D eigenvalue weighted by Gasteiger charge is -2.16. The Balaban J connectivity index is 2.08. The Morgan fingerprint density at radius 1 is 1.27 bits per heavy atom. The van der Waals surface area contributed by atoms with Crippen LogP contribution in [0.2, 0.25) is 0 Å². The predicted molar refractivity (Wildman–Crippen MR) is 82.8 cm³/mol. The summed E-state index contributed by atoms with van der Waals surface area (Å²) in [6, 6.07) is 9.24. The third-order valence-corrected chi connectivity index (χ3v) is 3.41. The van der Waals surface area contributed by atoms with E-state index in [-0.39, 0.29) is 0 Å². The van der Waals surface area contributed by atoms with Gasteiger partial charge in [0.1, 0.15) is 17.7 Å². The van der Waals surface area contributed by atoms with Gasteiger partial charge in [-0.2, -0.15) is 14.6 Å². The Morgan fingerprint density at radius 3 is 2.73 bits per heavy atom. The van der Waals surface area contributed by atoms with E-state index in [1.807, 2.05) is 30.3 Å². The molecule has 2 aromatic heterocycles. The van der Waals surface area contributed by atoms with Crippen LogP contribution in [0.25, 0.3) is 5.78 Å². The van der Waals surface area contributed by atoms with Gasteiger partial charge in [0, 0.05) is 0 Å². The van der Waals surface area contributed by atoms with Crippen molar-refractivity contribution >= 4 is 11.6 Å². The van der Waals surface area contributed by atoms with Crippen LogP contribution < -0.4 is 5.73 Å². The first-order chi connectivity index (χ1) is 10.5. The molecular formula is C16H15N5O. The Kier molecular flexibility index (Phi) is 3.28. The lowest BCUT2D eigenvalue weighted by molar-refractivity contribution is 0.122. The molecule has 0 aliphatic carbocycles. The van der Waals surface area contributed by atoms with Crippen LogP contribution in [0.4, 0.5) is 5.82 Å². The molecular weight excluding hydrogens is 278 g/mol. The molecule has 0 aliphatic rings. The van der Waals surface area contributed by atoms with Gasteiger partial charge < -0.3 is 10.8 Å². The second kappa shape index (κ2) is 5.13. The number of aryl methyl sites for hydroxylation is 1. The fourth-order valence-electron chi connectivity index (χ4n) is 2.15. The maximum absolute atomic E-state index is 10.5. The van der Waals surface area contributed by atoms with Gasteiger partial charge in [-0.05, 0) is 19.4 Å². The normalized spacial score (nSPS) is 13.4. The SMILES string of the molecule is Cc1nc2ncnn2c(N)c1C#CC(C)(O)c1ccccc1. The monoisotopic (exact) mass is 293 g/mol. The summed E-state index contributed by atoms with van der Waals surface area (Å²) in [5.74, 6) is 6.56. The Bertz CT molecular complexity index is 887. The van der Waals surface area contributed by atoms with Crippen LogP contribution in [0.15, 0.2) is 36.7 Å². The van der Waals surface area contributed by atoms with E-state index in [9.17, 15) is 5.11 Å². The third kappa shape index (κ3) is 2.38. The minimum Gasteiger partial charge on any atom is -0.382 e. The smallest absolute Gasteiger partial charge is 0.254 e. The molecule has 1 aromatic carbocycles. The van der Waals surface area contributed by atoms with Crippen LogP contribution in [0.1, 0.15) is 23.7 Å². The number of fused-ring (bicyclic) bond motifs is 1. The first-order valence-corrected chi connectivity index (χ1v) is 6.76. The number of nitrogen functional groups attached to an aromatic ring is 1. The molecule has 110 valence electrons. The first kappa shape index (κ1) is 14.0. The van der Waals surface area contributed by atoms with Gasteiger partial charge in [-0.3, -0.25) is 0 Å². The Labute approximate surface area is 127 Å². The molecule has 3 aromatic rings. The highest BCUT2D eigenvalue weighted by Crippen LogP contribution is 2.20. The van der Waals surface area contributed by atoms with Crippen LogP contribution >= 0.6 is 0 Å². The van der Waals surface area contributed by atoms with E-state index in [1.165, 1.54) is 10.8 Å². The number of aliphatic hydroxyl groups is 1. The molecule has 0 amide bonds. The number of nitrogens with two attached hydrogens (primary N) is 1. The second-order valence-corrected chi connectivity index (χ2v) is 5.12. The van der Waals surface area contributed by atoms with Gasteiger partial charge >= 0.3 is 0 Å². The summed E-state index contributed by atoms with van der Waals surface area (Å²) < 4.78 is 1.42. The van der Waals surface area contributed by atoms with Gasteiger partial charge in [-0.25, -0.2) is 4.98 Å². The Hall–Kier alpha value is -2.91. The zero-order valence-corrected chi connectivity index (χ0v) is 12.3. The van der Waals surface area contributed by atoms with Crippen LogP contribution in [-0.2, 0) is 5.60 Å². The van der Waals surface area contributed by atoms with Crippen molar-refractivity contribution in [2.24, 2.45) is 0 Å². The maximum Gasteiger partial charge on any atom is 0.254 e. The maximum atomic E-state index is 10.5. The quantitative estimate of drug-likeness (QED) is 0.660. The minimum absolute atomic E-state index is 0.358. The summed E-state index contributed by atoms with van der Waals surface area (Å²) in [5.41, 5.74) is 6.69. The molecule has 0 fully saturated rings. The van der Waals surface area contributed by atoms with Crippen molar-refractivity contribution in [3.63, 3.8) is 0 Å². The van der Waals surface area contributed by atoms with Crippen molar-refractivity contribution in [1.29, 1.82) is 0 Å². The molecule has 1 unspecified atom stereocenters. The number of rotatable bonds is 1. The summed E-state index contributed by atoms with van der Waals surface area (Å²) in [6.45, 7) is 3.44. The van der Waals surface area contributed by atoms with Gasteiger partial charge in [0.15, 0.2) is 0 Å². The molecule has 0 bridgehead atoms. The topological polar surface area (TPSA) is 89.3 Å². The first-order valence-electron chi connectivity index (χ1n) is 6.76. The van der Waals surface area contributed by atoms with Crippen molar-refractivity contribution in [2.75, 3.05) is 5.73 Å². The molecule has 3 N–H and O–H groups in total. The summed E-state index contributed by atoms with van der Waals surface area (Å²) in [4.78, 5) is 8.30. The fourth-order valence-corrected chi connectivity index (χ4v) is 2.15. The number of anilines is 1. The van der Waals surface area contributed by atoms with Gasteiger partial charge in [0.2, 0.25) is 0 Å². The molecule has 1 atom stereocenters. The molecule has 3 rings (SSSR count). The van der Waals surface area contributed by atoms with E-state index in [0.29, 0.717) is 28.4 Å². The molecule has 6 nitrogen and oxygen atoms in total. The average Bonchev–Trinajstić information content (AvgIpc) is 2.96. The highest BCUT2D eigenvalue weighted by Gasteiger charge is 2.20. The molecule has 6 heteroatoms. The summed E-state index contributed by atoms with van der Waals surface area (Å²) in [5, 5.41) is 14.5. The van der Waals surface area contributed by atoms with Crippen molar-refractivity contribution in [2.45, 2.75) is 19.4 Å². The zero-order chi connectivity index (χ0) is 15.7. The van der Waals surface area contributed by atoms with Crippen molar-refractivity contribution < 1.29 is 5.11 Å². The van der Waals surface area contributed by atoms with Crippen LogP contribution in [-0.4, -0.2) is 24.7 Å². The summed E-state index contributed by atoms with van der Waals surface area (Å²) >= 11 is 0. The number of benzene rings is 1. The van der Waals surface area contributed by atoms with E-state index in [2.05, 4.69) is 26.9 Å². The molecule has 2 heterocycles. The third-order valence-electron chi connectivity index (χ3n) is 3.41. The molecule has 0 radical (unpaired) electrons. The highest BCUT2D eigenvalue weighted by molar-refractivity contribution is 5.58. The minimum atomic E-state index is -1.28. The van der Waals surface area contributed by atoms with E-state index in [0.717, 1.165) is 0 Å². The highest BCUT2D eigenvalue weighted by atomic mass is 16.3. The standard InChI is InChI=1S/C16H15N5O/c1-11-13(14(17)21-15(20-11)18-10-19-21)8-9-16(2,22)12-6-4-3-5-7-12/h3-7,10,22H,17H2,1-2H3. The summed E-state index contributed by atoms with van der Waals surface area (Å²) in [6.07, 6.45) is 1.38. The zero-order valence-electron chi connectivity index (χ0n) is 12.3. The van der Waals surface area contributed by atoms with Crippen LogP contribution in [0, 0.1) is 18.8 Å². The molecule has 0 saturated carbocycles. The number of nitrogens with zero attached hydrogens (tertiary/aromatic N) is 4. The van der Waals surface area contributed by atoms with Gasteiger partial charge in [0.25, 0.3) is 5.78 Å². The summed E-state index contributed by atoms with van der Waals surface area (Å²) in [7, 11) is 0. The number of hydrogen-bond acceptors (Lipinski definition) is 5. The largest absolute Gasteiger partial charge is 0.382 e. The lowest BCUT2D eigenvalue weighted by Crippen LogP contribution is -2.18. The van der Waals surface area contributed by atoms with E-state index < -0.39 is 5.60 Å².